The second-order valence-electron chi connectivity index (χ2n) is 6.25. The predicted molar refractivity (Wildman–Crippen MR) is 77.3 cm³/mol. The second-order valence-corrected chi connectivity index (χ2v) is 6.25. The quantitative estimate of drug-likeness (QED) is 0.730. The van der Waals surface area contributed by atoms with Crippen LogP contribution in [0.25, 0.3) is 0 Å². The molecule has 1 aliphatic heterocycles. The third kappa shape index (κ3) is 3.48. The Morgan fingerprint density at radius 3 is 2.63 bits per heavy atom. The number of aliphatic hydroxyl groups is 1. The van der Waals surface area contributed by atoms with E-state index in [1.807, 2.05) is 0 Å². The third-order valence-electron chi connectivity index (χ3n) is 4.71. The summed E-state index contributed by atoms with van der Waals surface area (Å²) in [6.45, 7) is 10.4. The van der Waals surface area contributed by atoms with Crippen LogP contribution < -0.4 is 5.32 Å². The van der Waals surface area contributed by atoms with Gasteiger partial charge in [0.25, 0.3) is 0 Å². The van der Waals surface area contributed by atoms with Crippen LogP contribution in [0.4, 0.5) is 0 Å². The fourth-order valence-corrected chi connectivity index (χ4v) is 3.40. The minimum atomic E-state index is -0.0980. The zero-order chi connectivity index (χ0) is 13.9. The predicted octanol–water partition coefficient (Wildman–Crippen LogP) is 1.24. The average molecular weight is 270 g/mol. The molecular formula is C15H30N2O2. The molecule has 2 fully saturated rings. The molecule has 0 spiro atoms. The van der Waals surface area contributed by atoms with Crippen molar-refractivity contribution in [2.75, 3.05) is 32.8 Å². The first-order chi connectivity index (χ1) is 9.15. The van der Waals surface area contributed by atoms with Crippen LogP contribution in [0.1, 0.15) is 40.0 Å². The Hall–Kier alpha value is -0.160. The van der Waals surface area contributed by atoms with E-state index in [9.17, 15) is 5.11 Å². The molecule has 2 N–H and O–H groups in total. The molecule has 3 unspecified atom stereocenters. The van der Waals surface area contributed by atoms with Gasteiger partial charge >= 0.3 is 0 Å². The molecule has 1 saturated carbocycles. The molecule has 4 nitrogen and oxygen atoms in total. The number of aliphatic hydroxyl groups excluding tert-OH is 1. The Bertz CT molecular complexity index is 283. The molecule has 3 atom stereocenters. The van der Waals surface area contributed by atoms with Crippen molar-refractivity contribution in [3.8, 4) is 0 Å². The summed E-state index contributed by atoms with van der Waals surface area (Å²) in [4.78, 5) is 2.53. The van der Waals surface area contributed by atoms with E-state index in [0.29, 0.717) is 18.1 Å². The highest BCUT2D eigenvalue weighted by atomic mass is 16.5. The topological polar surface area (TPSA) is 44.7 Å². The van der Waals surface area contributed by atoms with E-state index in [1.54, 1.807) is 0 Å². The SMILES string of the molecule is CCNC(CO)(CN1CC(C)OCC1CC)C1CC1. The van der Waals surface area contributed by atoms with E-state index in [4.69, 9.17) is 4.74 Å². The van der Waals surface area contributed by atoms with Gasteiger partial charge in [-0.3, -0.25) is 4.90 Å². The molecule has 0 aromatic rings. The molecule has 1 aliphatic carbocycles. The van der Waals surface area contributed by atoms with Crippen LogP contribution in [0.2, 0.25) is 0 Å². The highest BCUT2D eigenvalue weighted by molar-refractivity contribution is 5.03. The number of ether oxygens (including phenoxy) is 1. The van der Waals surface area contributed by atoms with Gasteiger partial charge in [-0.05, 0) is 38.6 Å². The first kappa shape index (κ1) is 15.2. The van der Waals surface area contributed by atoms with Crippen molar-refractivity contribution in [1.82, 2.24) is 10.2 Å². The van der Waals surface area contributed by atoms with Crippen LogP contribution in [0, 0.1) is 5.92 Å². The lowest BCUT2D eigenvalue weighted by Crippen LogP contribution is -2.62. The molecular weight excluding hydrogens is 240 g/mol. The Morgan fingerprint density at radius 2 is 2.11 bits per heavy atom. The summed E-state index contributed by atoms with van der Waals surface area (Å²) in [5, 5.41) is 13.5. The number of likely N-dealkylation sites (N-methyl/N-ethyl adjacent to an activating group) is 1. The number of hydrogen-bond acceptors (Lipinski definition) is 4. The Labute approximate surface area is 117 Å². The molecule has 1 saturated heterocycles. The van der Waals surface area contributed by atoms with Crippen LogP contribution in [-0.4, -0.2) is 60.5 Å². The first-order valence-corrected chi connectivity index (χ1v) is 7.86. The maximum Gasteiger partial charge on any atom is 0.0674 e. The van der Waals surface area contributed by atoms with E-state index >= 15 is 0 Å². The smallest absolute Gasteiger partial charge is 0.0674 e. The lowest BCUT2D eigenvalue weighted by Gasteiger charge is -2.44. The number of hydrogen-bond donors (Lipinski definition) is 2. The lowest BCUT2D eigenvalue weighted by atomic mass is 9.91. The molecule has 0 radical (unpaired) electrons. The Morgan fingerprint density at radius 1 is 1.37 bits per heavy atom. The first-order valence-electron chi connectivity index (χ1n) is 7.86. The van der Waals surface area contributed by atoms with Gasteiger partial charge in [0.1, 0.15) is 0 Å². The molecule has 0 amide bonds. The van der Waals surface area contributed by atoms with Crippen LogP contribution in [0.15, 0.2) is 0 Å². The van der Waals surface area contributed by atoms with Gasteiger partial charge in [0.2, 0.25) is 0 Å². The van der Waals surface area contributed by atoms with Gasteiger partial charge < -0.3 is 15.2 Å². The van der Waals surface area contributed by atoms with Crippen molar-refractivity contribution in [3.63, 3.8) is 0 Å². The summed E-state index contributed by atoms with van der Waals surface area (Å²) < 4.78 is 5.77. The second kappa shape index (κ2) is 6.53. The van der Waals surface area contributed by atoms with E-state index in [2.05, 4.69) is 31.0 Å². The number of rotatable bonds is 7. The summed E-state index contributed by atoms with van der Waals surface area (Å²) in [6.07, 6.45) is 3.93. The molecule has 19 heavy (non-hydrogen) atoms. The maximum absolute atomic E-state index is 9.95. The van der Waals surface area contributed by atoms with Gasteiger partial charge in [0.05, 0.1) is 24.9 Å². The molecule has 2 aliphatic rings. The fraction of sp³-hybridized carbons (Fsp3) is 1.00. The highest BCUT2D eigenvalue weighted by Crippen LogP contribution is 2.40. The van der Waals surface area contributed by atoms with E-state index in [0.717, 1.165) is 32.7 Å². The Balaban J connectivity index is 2.05. The molecule has 0 bridgehead atoms. The summed E-state index contributed by atoms with van der Waals surface area (Å²) in [7, 11) is 0. The van der Waals surface area contributed by atoms with Gasteiger partial charge in [-0.2, -0.15) is 0 Å². The highest BCUT2D eigenvalue weighted by Gasteiger charge is 2.46. The van der Waals surface area contributed by atoms with E-state index in [-0.39, 0.29) is 12.1 Å². The molecule has 112 valence electrons. The maximum atomic E-state index is 9.95. The summed E-state index contributed by atoms with van der Waals surface area (Å²) >= 11 is 0. The van der Waals surface area contributed by atoms with Crippen molar-refractivity contribution in [1.29, 1.82) is 0 Å². The van der Waals surface area contributed by atoms with Crippen LogP contribution in [-0.2, 0) is 4.74 Å². The molecule has 0 aromatic heterocycles. The minimum absolute atomic E-state index is 0.0980. The molecule has 0 aromatic carbocycles. The van der Waals surface area contributed by atoms with Gasteiger partial charge in [0.15, 0.2) is 0 Å². The largest absolute Gasteiger partial charge is 0.394 e. The summed E-state index contributed by atoms with van der Waals surface area (Å²) in [6, 6.07) is 0.500. The van der Waals surface area contributed by atoms with E-state index < -0.39 is 0 Å². The van der Waals surface area contributed by atoms with Gasteiger partial charge in [0, 0.05) is 19.1 Å². The van der Waals surface area contributed by atoms with Crippen molar-refractivity contribution in [2.24, 2.45) is 5.92 Å². The standard InChI is InChI=1S/C15H30N2O2/c1-4-14-9-19-12(3)8-17(14)10-15(11-18,16-5-2)13-6-7-13/h12-14,16,18H,4-11H2,1-3H3. The van der Waals surface area contributed by atoms with Crippen molar-refractivity contribution in [3.05, 3.63) is 0 Å². The van der Waals surface area contributed by atoms with Gasteiger partial charge in [-0.1, -0.05) is 13.8 Å². The zero-order valence-electron chi connectivity index (χ0n) is 12.7. The lowest BCUT2D eigenvalue weighted by molar-refractivity contribution is -0.0700. The zero-order valence-corrected chi connectivity index (χ0v) is 12.7. The third-order valence-corrected chi connectivity index (χ3v) is 4.71. The van der Waals surface area contributed by atoms with Gasteiger partial charge in [-0.15, -0.1) is 0 Å². The number of nitrogens with one attached hydrogen (secondary N) is 1. The Kier molecular flexibility index (Phi) is 5.23. The summed E-state index contributed by atoms with van der Waals surface area (Å²) in [5.41, 5.74) is -0.0980. The molecule has 2 rings (SSSR count). The van der Waals surface area contributed by atoms with Crippen molar-refractivity contribution < 1.29 is 9.84 Å². The van der Waals surface area contributed by atoms with Crippen molar-refractivity contribution >= 4 is 0 Å². The molecule has 1 heterocycles. The number of morpholine rings is 1. The van der Waals surface area contributed by atoms with Crippen molar-refractivity contribution in [2.45, 2.75) is 57.7 Å². The van der Waals surface area contributed by atoms with E-state index in [1.165, 1.54) is 12.8 Å². The monoisotopic (exact) mass is 270 g/mol. The normalized spacial score (nSPS) is 32.2. The average Bonchev–Trinajstić information content (AvgIpc) is 3.23. The van der Waals surface area contributed by atoms with Crippen LogP contribution in [0.3, 0.4) is 0 Å². The van der Waals surface area contributed by atoms with Crippen LogP contribution in [0.5, 0.6) is 0 Å². The molecule has 4 heteroatoms. The number of nitrogens with zero attached hydrogens (tertiary/aromatic N) is 1. The van der Waals surface area contributed by atoms with Crippen LogP contribution >= 0.6 is 0 Å². The summed E-state index contributed by atoms with van der Waals surface area (Å²) in [5.74, 6) is 0.646. The van der Waals surface area contributed by atoms with Gasteiger partial charge in [-0.25, -0.2) is 0 Å². The minimum Gasteiger partial charge on any atom is -0.394 e. The fourth-order valence-electron chi connectivity index (χ4n) is 3.40.